The number of Topliss-reactive ketones (excluding diaryl/α,β-unsaturated/α-hetero) is 1. The van der Waals surface area contributed by atoms with Crippen LogP contribution >= 0.6 is 12.4 Å². The van der Waals surface area contributed by atoms with Crippen LogP contribution in [0.1, 0.15) is 20.3 Å². The first-order chi connectivity index (χ1) is 3.60. The van der Waals surface area contributed by atoms with Gasteiger partial charge >= 0.3 is 0 Å². The minimum absolute atomic E-state index is 0. The maximum absolute atomic E-state index is 10.6. The number of nitrogens with one attached hydrogen (secondary N) is 1. The molecule has 9 heavy (non-hydrogen) atoms. The van der Waals surface area contributed by atoms with Crippen molar-refractivity contribution in [2.75, 3.05) is 6.54 Å². The van der Waals surface area contributed by atoms with Crippen LogP contribution in [0.3, 0.4) is 0 Å². The molecule has 1 aliphatic rings. The van der Waals surface area contributed by atoms with E-state index < -0.39 is 0 Å². The molecule has 1 heterocycles. The van der Waals surface area contributed by atoms with Crippen LogP contribution in [0.2, 0.25) is 0 Å². The van der Waals surface area contributed by atoms with E-state index in [0.717, 1.165) is 0 Å². The highest BCUT2D eigenvalue weighted by Gasteiger charge is 2.27. The maximum Gasteiger partial charge on any atom is 0.148 e. The van der Waals surface area contributed by atoms with Gasteiger partial charge in [-0.3, -0.25) is 4.79 Å². The summed E-state index contributed by atoms with van der Waals surface area (Å²) in [7, 11) is 0. The molecule has 0 aromatic heterocycles. The Balaban J connectivity index is 0.000000640. The van der Waals surface area contributed by atoms with Crippen molar-refractivity contribution in [1.82, 2.24) is 5.32 Å². The minimum atomic E-state index is 0. The highest BCUT2D eigenvalue weighted by Crippen LogP contribution is 2.13. The van der Waals surface area contributed by atoms with E-state index in [1.54, 1.807) is 0 Å². The molecule has 0 unspecified atom stereocenters. The molecule has 2 nitrogen and oxygen atoms in total. The summed E-state index contributed by atoms with van der Waals surface area (Å²) in [5.41, 5.74) is 0.0666. The van der Waals surface area contributed by atoms with E-state index in [2.05, 4.69) is 5.32 Å². The molecular weight excluding hydrogens is 138 g/mol. The van der Waals surface area contributed by atoms with Gasteiger partial charge in [-0.1, -0.05) is 0 Å². The highest BCUT2D eigenvalue weighted by atomic mass is 35.5. The van der Waals surface area contributed by atoms with E-state index in [9.17, 15) is 4.79 Å². The monoisotopic (exact) mass is 149 g/mol. The lowest BCUT2D eigenvalue weighted by molar-refractivity contribution is -0.116. The molecule has 0 atom stereocenters. The van der Waals surface area contributed by atoms with Gasteiger partial charge in [-0.05, 0) is 13.8 Å². The Bertz CT molecular complexity index is 122. The van der Waals surface area contributed by atoms with Crippen molar-refractivity contribution in [2.45, 2.75) is 25.8 Å². The van der Waals surface area contributed by atoms with Gasteiger partial charge in [0.25, 0.3) is 0 Å². The van der Waals surface area contributed by atoms with Gasteiger partial charge in [-0.2, -0.15) is 0 Å². The zero-order valence-electron chi connectivity index (χ0n) is 5.73. The van der Waals surface area contributed by atoms with Crippen molar-refractivity contribution in [3.8, 4) is 0 Å². The first-order valence-electron chi connectivity index (χ1n) is 2.87. The second-order valence-electron chi connectivity index (χ2n) is 2.95. The van der Waals surface area contributed by atoms with Gasteiger partial charge in [0.2, 0.25) is 0 Å². The van der Waals surface area contributed by atoms with Crippen LogP contribution in [0.15, 0.2) is 0 Å². The largest absolute Gasteiger partial charge is 0.305 e. The molecular formula is C6H12ClNO. The Morgan fingerprint density at radius 3 is 2.22 bits per heavy atom. The van der Waals surface area contributed by atoms with Crippen LogP contribution in [0.4, 0.5) is 0 Å². The van der Waals surface area contributed by atoms with Gasteiger partial charge in [0.05, 0.1) is 6.54 Å². The average Bonchev–Trinajstić information content (AvgIpc) is 1.82. The summed E-state index contributed by atoms with van der Waals surface area (Å²) in [5, 5.41) is 3.10. The van der Waals surface area contributed by atoms with E-state index in [1.807, 2.05) is 13.8 Å². The molecule has 3 heteroatoms. The molecule has 0 amide bonds. The second kappa shape index (κ2) is 2.67. The Morgan fingerprint density at radius 1 is 1.56 bits per heavy atom. The smallest absolute Gasteiger partial charge is 0.148 e. The lowest BCUT2D eigenvalue weighted by Crippen LogP contribution is -2.31. The number of hydrogen-bond acceptors (Lipinski definition) is 2. The van der Waals surface area contributed by atoms with Crippen molar-refractivity contribution >= 4 is 18.2 Å². The zero-order valence-corrected chi connectivity index (χ0v) is 6.55. The molecule has 1 rings (SSSR count). The molecule has 1 fully saturated rings. The van der Waals surface area contributed by atoms with Gasteiger partial charge in [0.1, 0.15) is 5.78 Å². The molecule has 0 aliphatic carbocycles. The third-order valence-corrected chi connectivity index (χ3v) is 1.40. The number of carbonyl (C=O) groups is 1. The van der Waals surface area contributed by atoms with Crippen LogP contribution in [0, 0.1) is 0 Å². The van der Waals surface area contributed by atoms with Crippen LogP contribution < -0.4 is 5.32 Å². The van der Waals surface area contributed by atoms with Crippen molar-refractivity contribution < 1.29 is 4.79 Å². The third-order valence-electron chi connectivity index (χ3n) is 1.40. The number of rotatable bonds is 0. The predicted octanol–water partition coefficient (Wildman–Crippen LogP) is 0.749. The van der Waals surface area contributed by atoms with Gasteiger partial charge in [-0.15, -0.1) is 12.4 Å². The summed E-state index contributed by atoms with van der Waals surface area (Å²) in [6.07, 6.45) is 0.688. The molecule has 1 N–H and O–H groups in total. The average molecular weight is 150 g/mol. The van der Waals surface area contributed by atoms with Gasteiger partial charge in [0.15, 0.2) is 0 Å². The van der Waals surface area contributed by atoms with Crippen molar-refractivity contribution in [1.29, 1.82) is 0 Å². The standard InChI is InChI=1S/C6H11NO.ClH/c1-6(2)3-5(8)4-7-6;/h7H,3-4H2,1-2H3;1H. The lowest BCUT2D eigenvalue weighted by atomic mass is 10.0. The lowest BCUT2D eigenvalue weighted by Gasteiger charge is -2.14. The van der Waals surface area contributed by atoms with E-state index in [4.69, 9.17) is 0 Å². The predicted molar refractivity (Wildman–Crippen MR) is 39.0 cm³/mol. The van der Waals surface area contributed by atoms with E-state index in [-0.39, 0.29) is 17.9 Å². The summed E-state index contributed by atoms with van der Waals surface area (Å²) < 4.78 is 0. The molecule has 0 aromatic rings. The molecule has 1 saturated heterocycles. The number of carbonyl (C=O) groups excluding carboxylic acids is 1. The van der Waals surface area contributed by atoms with Crippen LogP contribution in [-0.4, -0.2) is 17.9 Å². The normalized spacial score (nSPS) is 23.6. The van der Waals surface area contributed by atoms with Gasteiger partial charge < -0.3 is 5.32 Å². The zero-order chi connectivity index (χ0) is 6.20. The fourth-order valence-electron chi connectivity index (χ4n) is 0.956. The molecule has 0 saturated carbocycles. The third kappa shape index (κ3) is 2.33. The first kappa shape index (κ1) is 8.92. The maximum atomic E-state index is 10.6. The van der Waals surface area contributed by atoms with E-state index in [1.165, 1.54) is 0 Å². The van der Waals surface area contributed by atoms with Crippen LogP contribution in [0.25, 0.3) is 0 Å². The fraction of sp³-hybridized carbons (Fsp3) is 0.833. The summed E-state index contributed by atoms with van der Waals surface area (Å²) >= 11 is 0. The molecule has 1 aliphatic heterocycles. The van der Waals surface area contributed by atoms with Crippen molar-refractivity contribution in [2.24, 2.45) is 0 Å². The number of hydrogen-bond donors (Lipinski definition) is 1. The quantitative estimate of drug-likeness (QED) is 0.551. The second-order valence-corrected chi connectivity index (χ2v) is 2.95. The first-order valence-corrected chi connectivity index (χ1v) is 2.87. The fourth-order valence-corrected chi connectivity index (χ4v) is 0.956. The van der Waals surface area contributed by atoms with E-state index in [0.29, 0.717) is 18.7 Å². The summed E-state index contributed by atoms with van der Waals surface area (Å²) in [6.45, 7) is 4.64. The summed E-state index contributed by atoms with van der Waals surface area (Å²) in [5.74, 6) is 0.329. The number of halogens is 1. The van der Waals surface area contributed by atoms with Gasteiger partial charge in [-0.25, -0.2) is 0 Å². The summed E-state index contributed by atoms with van der Waals surface area (Å²) in [6, 6.07) is 0. The molecule has 54 valence electrons. The SMILES string of the molecule is CC1(C)CC(=O)CN1.Cl. The Morgan fingerprint density at radius 2 is 2.11 bits per heavy atom. The highest BCUT2D eigenvalue weighted by molar-refractivity contribution is 5.85. The molecule has 0 bridgehead atoms. The summed E-state index contributed by atoms with van der Waals surface area (Å²) in [4.78, 5) is 10.6. The van der Waals surface area contributed by atoms with Crippen LogP contribution in [-0.2, 0) is 4.79 Å². The molecule has 0 aromatic carbocycles. The molecule has 0 spiro atoms. The van der Waals surface area contributed by atoms with E-state index >= 15 is 0 Å². The Hall–Kier alpha value is -0.0800. The van der Waals surface area contributed by atoms with Gasteiger partial charge in [0, 0.05) is 12.0 Å². The topological polar surface area (TPSA) is 29.1 Å². The molecule has 0 radical (unpaired) electrons. The Labute approximate surface area is 61.4 Å². The van der Waals surface area contributed by atoms with Crippen LogP contribution in [0.5, 0.6) is 0 Å². The number of ketones is 1. The Kier molecular flexibility index (Phi) is 2.65. The van der Waals surface area contributed by atoms with Crippen molar-refractivity contribution in [3.05, 3.63) is 0 Å². The minimum Gasteiger partial charge on any atom is -0.305 e. The van der Waals surface area contributed by atoms with Crippen molar-refractivity contribution in [3.63, 3.8) is 0 Å².